The maximum absolute atomic E-state index is 11.8. The van der Waals surface area contributed by atoms with Crippen LogP contribution in [0.1, 0.15) is 50.4 Å². The van der Waals surface area contributed by atoms with Gasteiger partial charge < -0.3 is 5.32 Å². The van der Waals surface area contributed by atoms with E-state index in [1.165, 1.54) is 30.6 Å². The fourth-order valence-electron chi connectivity index (χ4n) is 2.70. The van der Waals surface area contributed by atoms with E-state index in [2.05, 4.69) is 27.7 Å². The van der Waals surface area contributed by atoms with Gasteiger partial charge in [-0.1, -0.05) is 32.8 Å². The second-order valence-corrected chi connectivity index (χ2v) is 6.86. The lowest BCUT2D eigenvalue weighted by molar-refractivity contribution is -0.124. The highest BCUT2D eigenvalue weighted by molar-refractivity contribution is 7.10. The zero-order valence-corrected chi connectivity index (χ0v) is 13.4. The van der Waals surface area contributed by atoms with E-state index in [0.717, 1.165) is 19.6 Å². The van der Waals surface area contributed by atoms with E-state index in [4.69, 9.17) is 0 Å². The van der Waals surface area contributed by atoms with Gasteiger partial charge in [0.2, 0.25) is 5.91 Å². The third-order valence-corrected chi connectivity index (χ3v) is 4.92. The fourth-order valence-corrected chi connectivity index (χ4v) is 3.56. The van der Waals surface area contributed by atoms with Gasteiger partial charge in [0.15, 0.2) is 0 Å². The summed E-state index contributed by atoms with van der Waals surface area (Å²) in [7, 11) is 0. The molecule has 0 spiro atoms. The summed E-state index contributed by atoms with van der Waals surface area (Å²) < 4.78 is 0. The Kier molecular flexibility index (Phi) is 6.05. The van der Waals surface area contributed by atoms with E-state index in [0.29, 0.717) is 6.04 Å². The molecule has 112 valence electrons. The third kappa shape index (κ3) is 4.32. The molecule has 1 aliphatic rings. The molecule has 1 amide bonds. The number of amides is 1. The Bertz CT molecular complexity index is 395. The second kappa shape index (κ2) is 7.79. The van der Waals surface area contributed by atoms with Gasteiger partial charge in [0, 0.05) is 17.3 Å². The Balaban J connectivity index is 2.02. The summed E-state index contributed by atoms with van der Waals surface area (Å²) in [5.41, 5.74) is 0. The fraction of sp³-hybridized carbons (Fsp3) is 0.688. The Morgan fingerprint density at radius 3 is 2.55 bits per heavy atom. The van der Waals surface area contributed by atoms with Crippen molar-refractivity contribution < 1.29 is 4.79 Å². The van der Waals surface area contributed by atoms with Crippen LogP contribution in [-0.2, 0) is 4.79 Å². The number of carbonyl (C=O) groups excluding carboxylic acids is 1. The minimum absolute atomic E-state index is 0.0584. The lowest BCUT2D eigenvalue weighted by Gasteiger charge is -2.30. The van der Waals surface area contributed by atoms with Gasteiger partial charge in [-0.15, -0.1) is 11.3 Å². The van der Waals surface area contributed by atoms with Gasteiger partial charge in [-0.25, -0.2) is 0 Å². The summed E-state index contributed by atoms with van der Waals surface area (Å²) in [5, 5.41) is 5.24. The molecular formula is C16H26N2OS. The standard InChI is InChI=1S/C16H26N2OS/c1-13(2)16(19)17-12-14(15-8-7-11-20-15)18-9-5-3-4-6-10-18/h7-8,11,13-14H,3-6,9-10,12H2,1-2H3,(H,17,19). The molecule has 0 aromatic carbocycles. The van der Waals surface area contributed by atoms with Crippen molar-refractivity contribution >= 4 is 17.2 Å². The minimum atomic E-state index is 0.0584. The predicted octanol–water partition coefficient (Wildman–Crippen LogP) is 3.44. The molecule has 1 unspecified atom stereocenters. The highest BCUT2D eigenvalue weighted by Gasteiger charge is 2.23. The largest absolute Gasteiger partial charge is 0.354 e. The zero-order valence-electron chi connectivity index (χ0n) is 12.6. The average Bonchev–Trinajstić information content (AvgIpc) is 2.82. The molecule has 1 fully saturated rings. The molecule has 3 nitrogen and oxygen atoms in total. The van der Waals surface area contributed by atoms with Crippen LogP contribution in [0, 0.1) is 5.92 Å². The normalized spacial score (nSPS) is 18.8. The molecule has 1 aliphatic heterocycles. The molecule has 1 aromatic heterocycles. The van der Waals surface area contributed by atoms with E-state index < -0.39 is 0 Å². The van der Waals surface area contributed by atoms with Crippen molar-refractivity contribution in [2.24, 2.45) is 5.92 Å². The minimum Gasteiger partial charge on any atom is -0.354 e. The highest BCUT2D eigenvalue weighted by atomic mass is 32.1. The second-order valence-electron chi connectivity index (χ2n) is 5.88. The molecular weight excluding hydrogens is 268 g/mol. The molecule has 0 bridgehead atoms. The van der Waals surface area contributed by atoms with Crippen LogP contribution < -0.4 is 5.32 Å². The number of rotatable bonds is 5. The molecule has 0 saturated carbocycles. The molecule has 1 saturated heterocycles. The number of carbonyl (C=O) groups is 1. The van der Waals surface area contributed by atoms with Crippen LogP contribution in [0.15, 0.2) is 17.5 Å². The first-order valence-electron chi connectivity index (χ1n) is 7.73. The Hall–Kier alpha value is -0.870. The Labute approximate surface area is 126 Å². The zero-order chi connectivity index (χ0) is 14.4. The van der Waals surface area contributed by atoms with Gasteiger partial charge in [0.25, 0.3) is 0 Å². The predicted molar refractivity (Wildman–Crippen MR) is 84.9 cm³/mol. The molecule has 1 aromatic rings. The summed E-state index contributed by atoms with van der Waals surface area (Å²) in [6.07, 6.45) is 5.23. The van der Waals surface area contributed by atoms with Crippen molar-refractivity contribution in [3.8, 4) is 0 Å². The monoisotopic (exact) mass is 294 g/mol. The van der Waals surface area contributed by atoms with Crippen LogP contribution >= 0.6 is 11.3 Å². The maximum atomic E-state index is 11.8. The van der Waals surface area contributed by atoms with Crippen LogP contribution in [0.5, 0.6) is 0 Å². The van der Waals surface area contributed by atoms with Gasteiger partial charge in [-0.3, -0.25) is 9.69 Å². The van der Waals surface area contributed by atoms with Crippen molar-refractivity contribution in [2.75, 3.05) is 19.6 Å². The summed E-state index contributed by atoms with van der Waals surface area (Å²) in [4.78, 5) is 15.8. The van der Waals surface area contributed by atoms with Crippen LogP contribution in [0.2, 0.25) is 0 Å². The van der Waals surface area contributed by atoms with Crippen molar-refractivity contribution in [1.82, 2.24) is 10.2 Å². The Morgan fingerprint density at radius 1 is 1.30 bits per heavy atom. The smallest absolute Gasteiger partial charge is 0.222 e. The van der Waals surface area contributed by atoms with Crippen molar-refractivity contribution in [3.05, 3.63) is 22.4 Å². The van der Waals surface area contributed by atoms with E-state index in [1.54, 1.807) is 11.3 Å². The first kappa shape index (κ1) is 15.5. The van der Waals surface area contributed by atoms with Crippen LogP contribution in [0.4, 0.5) is 0 Å². The van der Waals surface area contributed by atoms with Crippen molar-refractivity contribution in [1.29, 1.82) is 0 Å². The SMILES string of the molecule is CC(C)C(=O)NCC(c1cccs1)N1CCCCCC1. The van der Waals surface area contributed by atoms with E-state index in [9.17, 15) is 4.79 Å². The van der Waals surface area contributed by atoms with Gasteiger partial charge in [0.1, 0.15) is 0 Å². The summed E-state index contributed by atoms with van der Waals surface area (Å²) in [5.74, 6) is 0.212. The van der Waals surface area contributed by atoms with Gasteiger partial charge >= 0.3 is 0 Å². The third-order valence-electron chi connectivity index (χ3n) is 3.95. The maximum Gasteiger partial charge on any atom is 0.222 e. The van der Waals surface area contributed by atoms with Crippen molar-refractivity contribution in [3.63, 3.8) is 0 Å². The number of thiophene rings is 1. The van der Waals surface area contributed by atoms with Crippen LogP contribution in [0.3, 0.4) is 0 Å². The van der Waals surface area contributed by atoms with E-state index in [-0.39, 0.29) is 11.8 Å². The molecule has 2 rings (SSSR count). The number of nitrogens with one attached hydrogen (secondary N) is 1. The van der Waals surface area contributed by atoms with Crippen LogP contribution in [-0.4, -0.2) is 30.4 Å². The summed E-state index contributed by atoms with van der Waals surface area (Å²) in [6.45, 7) is 6.93. The summed E-state index contributed by atoms with van der Waals surface area (Å²) in [6, 6.07) is 4.65. The number of nitrogens with zero attached hydrogens (tertiary/aromatic N) is 1. The molecule has 20 heavy (non-hydrogen) atoms. The van der Waals surface area contributed by atoms with Gasteiger partial charge in [-0.05, 0) is 37.4 Å². The van der Waals surface area contributed by atoms with Gasteiger partial charge in [-0.2, -0.15) is 0 Å². The quantitative estimate of drug-likeness (QED) is 0.902. The molecule has 1 N–H and O–H groups in total. The number of hydrogen-bond donors (Lipinski definition) is 1. The number of hydrogen-bond acceptors (Lipinski definition) is 3. The van der Waals surface area contributed by atoms with Crippen LogP contribution in [0.25, 0.3) is 0 Å². The molecule has 2 heterocycles. The highest BCUT2D eigenvalue weighted by Crippen LogP contribution is 2.27. The van der Waals surface area contributed by atoms with E-state index >= 15 is 0 Å². The first-order chi connectivity index (χ1) is 9.68. The molecule has 4 heteroatoms. The molecule has 0 aliphatic carbocycles. The average molecular weight is 294 g/mol. The van der Waals surface area contributed by atoms with Gasteiger partial charge in [0.05, 0.1) is 6.04 Å². The summed E-state index contributed by atoms with van der Waals surface area (Å²) >= 11 is 1.80. The lowest BCUT2D eigenvalue weighted by atomic mass is 10.1. The Morgan fingerprint density at radius 2 is 2.00 bits per heavy atom. The topological polar surface area (TPSA) is 32.3 Å². The molecule has 0 radical (unpaired) electrons. The molecule has 1 atom stereocenters. The van der Waals surface area contributed by atoms with Crippen molar-refractivity contribution in [2.45, 2.75) is 45.6 Å². The lowest BCUT2D eigenvalue weighted by Crippen LogP contribution is -2.39. The van der Waals surface area contributed by atoms with E-state index in [1.807, 2.05) is 13.8 Å². The first-order valence-corrected chi connectivity index (χ1v) is 8.61. The number of likely N-dealkylation sites (tertiary alicyclic amines) is 1.